The molecule has 0 aliphatic rings. The molecule has 0 bridgehead atoms. The number of rotatable bonds is 4. The van der Waals surface area contributed by atoms with Crippen molar-refractivity contribution < 1.29 is 9.90 Å². The lowest BCUT2D eigenvalue weighted by molar-refractivity contribution is -0.133. The molecule has 7 heteroatoms. The van der Waals surface area contributed by atoms with Crippen LogP contribution < -0.4 is 5.56 Å². The highest BCUT2D eigenvalue weighted by molar-refractivity contribution is 7.99. The van der Waals surface area contributed by atoms with Crippen LogP contribution in [0.4, 0.5) is 0 Å². The quantitative estimate of drug-likeness (QED) is 0.558. The highest BCUT2D eigenvalue weighted by atomic mass is 32.2. The van der Waals surface area contributed by atoms with E-state index in [4.69, 9.17) is 5.11 Å². The van der Waals surface area contributed by atoms with Gasteiger partial charge >= 0.3 is 5.97 Å². The van der Waals surface area contributed by atoms with Crippen LogP contribution in [0.2, 0.25) is 0 Å². The fourth-order valence-corrected chi connectivity index (χ4v) is 4.05. The molecule has 0 saturated carbocycles. The molecule has 2 heterocycles. The summed E-state index contributed by atoms with van der Waals surface area (Å²) in [6.45, 7) is 3.98. The average Bonchev–Trinajstić information content (AvgIpc) is 2.82. The molecule has 2 aromatic heterocycles. The maximum atomic E-state index is 12.5. The molecule has 0 atom stereocenters. The molecule has 5 nitrogen and oxygen atoms in total. The van der Waals surface area contributed by atoms with Crippen LogP contribution in [-0.4, -0.2) is 26.8 Å². The van der Waals surface area contributed by atoms with E-state index >= 15 is 0 Å². The van der Waals surface area contributed by atoms with Crippen LogP contribution in [0.15, 0.2) is 34.2 Å². The second kappa shape index (κ2) is 6.17. The maximum Gasteiger partial charge on any atom is 0.313 e. The van der Waals surface area contributed by atoms with Crippen molar-refractivity contribution in [3.63, 3.8) is 0 Å². The number of benzene rings is 1. The standard InChI is InChI=1S/C16H14N2O3S2/c1-8-3-5-10(6-4-8)12-9(2)23-15-13(12)14(21)17-16(18-15)22-7-11(19)20/h3-6H,7H2,1-2H3,(H,19,20)(H,17,18,21). The van der Waals surface area contributed by atoms with Gasteiger partial charge in [-0.1, -0.05) is 41.6 Å². The molecule has 2 N–H and O–H groups in total. The normalized spacial score (nSPS) is 11.0. The molecule has 0 fully saturated rings. The maximum absolute atomic E-state index is 12.5. The predicted molar refractivity (Wildman–Crippen MR) is 93.5 cm³/mol. The molecule has 118 valence electrons. The smallest absolute Gasteiger partial charge is 0.313 e. The molecule has 3 aromatic rings. The number of carboxylic acids is 1. The number of hydrogen-bond acceptors (Lipinski definition) is 5. The molecule has 3 rings (SSSR count). The molecule has 0 aliphatic carbocycles. The summed E-state index contributed by atoms with van der Waals surface area (Å²) in [4.78, 5) is 31.8. The van der Waals surface area contributed by atoms with Gasteiger partial charge in [-0.15, -0.1) is 11.3 Å². The van der Waals surface area contributed by atoms with Crippen molar-refractivity contribution in [3.8, 4) is 11.1 Å². The molecular weight excluding hydrogens is 332 g/mol. The van der Waals surface area contributed by atoms with Crippen LogP contribution in [0.3, 0.4) is 0 Å². The van der Waals surface area contributed by atoms with Crippen LogP contribution in [-0.2, 0) is 4.79 Å². The molecule has 0 spiro atoms. The van der Waals surface area contributed by atoms with E-state index in [1.165, 1.54) is 11.3 Å². The van der Waals surface area contributed by atoms with Crippen molar-refractivity contribution in [2.24, 2.45) is 0 Å². The number of hydrogen-bond donors (Lipinski definition) is 2. The molecule has 23 heavy (non-hydrogen) atoms. The van der Waals surface area contributed by atoms with E-state index in [-0.39, 0.29) is 11.3 Å². The summed E-state index contributed by atoms with van der Waals surface area (Å²) in [5, 5.41) is 9.64. The Hall–Kier alpha value is -2.12. The van der Waals surface area contributed by atoms with Gasteiger partial charge in [-0.3, -0.25) is 9.59 Å². The van der Waals surface area contributed by atoms with Gasteiger partial charge in [0.25, 0.3) is 5.56 Å². The minimum absolute atomic E-state index is 0.135. The number of carbonyl (C=O) groups is 1. The highest BCUT2D eigenvalue weighted by Gasteiger charge is 2.17. The van der Waals surface area contributed by atoms with Crippen LogP contribution in [0, 0.1) is 13.8 Å². The lowest BCUT2D eigenvalue weighted by atomic mass is 10.0. The summed E-state index contributed by atoms with van der Waals surface area (Å²) in [5.41, 5.74) is 2.80. The molecular formula is C16H14N2O3S2. The Morgan fingerprint density at radius 3 is 2.65 bits per heavy atom. The van der Waals surface area contributed by atoms with Gasteiger partial charge in [-0.25, -0.2) is 4.98 Å². The zero-order chi connectivity index (χ0) is 16.6. The van der Waals surface area contributed by atoms with E-state index in [1.54, 1.807) is 0 Å². The molecule has 0 saturated heterocycles. The Labute approximate surface area is 140 Å². The number of H-pyrrole nitrogens is 1. The SMILES string of the molecule is Cc1ccc(-c2c(C)sc3nc(SCC(=O)O)[nH]c(=O)c23)cc1. The number of nitrogens with one attached hydrogen (secondary N) is 1. The van der Waals surface area contributed by atoms with E-state index in [1.807, 2.05) is 38.1 Å². The first-order valence-electron chi connectivity index (χ1n) is 6.91. The zero-order valence-corrected chi connectivity index (χ0v) is 14.2. The summed E-state index contributed by atoms with van der Waals surface area (Å²) in [6, 6.07) is 8.01. The predicted octanol–water partition coefficient (Wildman–Crippen LogP) is 3.45. The molecule has 1 aromatic carbocycles. The van der Waals surface area contributed by atoms with Gasteiger partial charge in [0.2, 0.25) is 0 Å². The molecule has 0 radical (unpaired) electrons. The number of aryl methyl sites for hydroxylation is 2. The van der Waals surface area contributed by atoms with Gasteiger partial charge < -0.3 is 10.1 Å². The van der Waals surface area contributed by atoms with Crippen molar-refractivity contribution >= 4 is 39.3 Å². The van der Waals surface area contributed by atoms with Crippen LogP contribution >= 0.6 is 23.1 Å². The van der Waals surface area contributed by atoms with E-state index in [2.05, 4.69) is 9.97 Å². The third-order valence-electron chi connectivity index (χ3n) is 3.39. The summed E-state index contributed by atoms with van der Waals surface area (Å²) in [5.74, 6) is -1.08. The average molecular weight is 346 g/mol. The second-order valence-electron chi connectivity index (χ2n) is 5.13. The van der Waals surface area contributed by atoms with Crippen LogP contribution in [0.5, 0.6) is 0 Å². The Bertz CT molecular complexity index is 942. The van der Waals surface area contributed by atoms with Crippen molar-refractivity contribution in [1.82, 2.24) is 9.97 Å². The summed E-state index contributed by atoms with van der Waals surface area (Å²) in [7, 11) is 0. The first-order chi connectivity index (χ1) is 11.0. The first-order valence-corrected chi connectivity index (χ1v) is 8.71. The number of aromatic nitrogens is 2. The van der Waals surface area contributed by atoms with E-state index < -0.39 is 5.97 Å². The topological polar surface area (TPSA) is 83.0 Å². The monoisotopic (exact) mass is 346 g/mol. The Balaban J connectivity index is 2.14. The second-order valence-corrected chi connectivity index (χ2v) is 7.30. The van der Waals surface area contributed by atoms with Crippen LogP contribution in [0.1, 0.15) is 10.4 Å². The molecule has 0 amide bonds. The fraction of sp³-hybridized carbons (Fsp3) is 0.188. The number of fused-ring (bicyclic) bond motifs is 1. The largest absolute Gasteiger partial charge is 0.481 e. The van der Waals surface area contributed by atoms with Crippen molar-refractivity contribution in [2.75, 3.05) is 5.75 Å². The third kappa shape index (κ3) is 3.16. The lowest BCUT2D eigenvalue weighted by Gasteiger charge is -2.03. The van der Waals surface area contributed by atoms with Crippen molar-refractivity contribution in [2.45, 2.75) is 19.0 Å². The number of thiophene rings is 1. The number of thioether (sulfide) groups is 1. The summed E-state index contributed by atoms with van der Waals surface area (Å²) < 4.78 is 0. The number of carboxylic acid groups (broad SMARTS) is 1. The van der Waals surface area contributed by atoms with Gasteiger partial charge in [-0.05, 0) is 19.4 Å². The van der Waals surface area contributed by atoms with Gasteiger partial charge in [0.15, 0.2) is 5.16 Å². The fourth-order valence-electron chi connectivity index (χ4n) is 2.37. The van der Waals surface area contributed by atoms with E-state index in [9.17, 15) is 9.59 Å². The Morgan fingerprint density at radius 1 is 1.30 bits per heavy atom. The highest BCUT2D eigenvalue weighted by Crippen LogP contribution is 2.36. The Kier molecular flexibility index (Phi) is 4.23. The van der Waals surface area contributed by atoms with E-state index in [0.29, 0.717) is 15.4 Å². The van der Waals surface area contributed by atoms with E-state index in [0.717, 1.165) is 33.3 Å². The summed E-state index contributed by atoms with van der Waals surface area (Å²) in [6.07, 6.45) is 0. The minimum atomic E-state index is -0.944. The van der Waals surface area contributed by atoms with Crippen molar-refractivity contribution in [1.29, 1.82) is 0 Å². The lowest BCUT2D eigenvalue weighted by Crippen LogP contribution is -2.09. The zero-order valence-electron chi connectivity index (χ0n) is 12.5. The minimum Gasteiger partial charge on any atom is -0.481 e. The van der Waals surface area contributed by atoms with Gasteiger partial charge in [0.1, 0.15) is 4.83 Å². The number of aliphatic carboxylic acids is 1. The first kappa shape index (κ1) is 15.8. The number of aromatic amines is 1. The van der Waals surface area contributed by atoms with Gasteiger partial charge in [-0.2, -0.15) is 0 Å². The molecule has 0 unspecified atom stereocenters. The van der Waals surface area contributed by atoms with Crippen molar-refractivity contribution in [3.05, 3.63) is 45.1 Å². The third-order valence-corrected chi connectivity index (χ3v) is 5.25. The number of nitrogens with zero attached hydrogens (tertiary/aromatic N) is 1. The van der Waals surface area contributed by atoms with Crippen LogP contribution in [0.25, 0.3) is 21.3 Å². The molecule has 0 aliphatic heterocycles. The van der Waals surface area contributed by atoms with Gasteiger partial charge in [0, 0.05) is 10.4 Å². The Morgan fingerprint density at radius 2 is 2.00 bits per heavy atom. The van der Waals surface area contributed by atoms with Gasteiger partial charge in [0.05, 0.1) is 11.1 Å². The summed E-state index contributed by atoms with van der Waals surface area (Å²) >= 11 is 2.46.